The summed E-state index contributed by atoms with van der Waals surface area (Å²) in [6.45, 7) is 0. The SMILES string of the molecule is O=C(/C=C/c1ccncc1)c1ccc2ccccc2c1O. The Balaban J connectivity index is 1.95. The minimum Gasteiger partial charge on any atom is -0.507 e. The van der Waals surface area contributed by atoms with Gasteiger partial charge in [-0.25, -0.2) is 0 Å². The van der Waals surface area contributed by atoms with E-state index < -0.39 is 0 Å². The van der Waals surface area contributed by atoms with Crippen LogP contribution >= 0.6 is 0 Å². The van der Waals surface area contributed by atoms with Crippen molar-refractivity contribution in [3.05, 3.63) is 78.1 Å². The number of allylic oxidation sites excluding steroid dienone is 1. The molecule has 102 valence electrons. The van der Waals surface area contributed by atoms with Crippen molar-refractivity contribution in [3.63, 3.8) is 0 Å². The normalized spacial score (nSPS) is 11.0. The molecule has 3 aromatic rings. The molecule has 0 aliphatic rings. The molecule has 0 aliphatic heterocycles. The highest BCUT2D eigenvalue weighted by Gasteiger charge is 2.11. The first-order chi connectivity index (χ1) is 10.3. The molecule has 1 aromatic heterocycles. The van der Waals surface area contributed by atoms with Crippen molar-refractivity contribution < 1.29 is 9.90 Å². The number of hydrogen-bond acceptors (Lipinski definition) is 3. The second-order valence-corrected chi connectivity index (χ2v) is 4.66. The van der Waals surface area contributed by atoms with Crippen LogP contribution in [0.3, 0.4) is 0 Å². The van der Waals surface area contributed by atoms with E-state index in [0.29, 0.717) is 10.9 Å². The van der Waals surface area contributed by atoms with Crippen LogP contribution in [0, 0.1) is 0 Å². The van der Waals surface area contributed by atoms with Crippen LogP contribution < -0.4 is 0 Å². The van der Waals surface area contributed by atoms with Crippen molar-refractivity contribution in [2.24, 2.45) is 0 Å². The predicted molar refractivity (Wildman–Crippen MR) is 83.2 cm³/mol. The second-order valence-electron chi connectivity index (χ2n) is 4.66. The Hall–Kier alpha value is -2.94. The van der Waals surface area contributed by atoms with Crippen LogP contribution in [0.1, 0.15) is 15.9 Å². The number of benzene rings is 2. The molecule has 0 saturated heterocycles. The quantitative estimate of drug-likeness (QED) is 0.583. The fraction of sp³-hybridized carbons (Fsp3) is 0. The summed E-state index contributed by atoms with van der Waals surface area (Å²) in [7, 11) is 0. The third kappa shape index (κ3) is 2.67. The van der Waals surface area contributed by atoms with Gasteiger partial charge in [0, 0.05) is 17.8 Å². The minimum absolute atomic E-state index is 0.0254. The van der Waals surface area contributed by atoms with E-state index >= 15 is 0 Å². The van der Waals surface area contributed by atoms with Crippen LogP contribution in [0.5, 0.6) is 5.75 Å². The zero-order valence-electron chi connectivity index (χ0n) is 11.2. The van der Waals surface area contributed by atoms with E-state index in [2.05, 4.69) is 4.98 Å². The van der Waals surface area contributed by atoms with Crippen molar-refractivity contribution >= 4 is 22.6 Å². The summed E-state index contributed by atoms with van der Waals surface area (Å²) >= 11 is 0. The lowest BCUT2D eigenvalue weighted by Gasteiger charge is -2.05. The Morgan fingerprint density at radius 3 is 2.57 bits per heavy atom. The van der Waals surface area contributed by atoms with E-state index in [1.165, 1.54) is 6.08 Å². The van der Waals surface area contributed by atoms with Gasteiger partial charge in [0.05, 0.1) is 5.56 Å². The smallest absolute Gasteiger partial charge is 0.189 e. The van der Waals surface area contributed by atoms with E-state index in [1.54, 1.807) is 30.6 Å². The van der Waals surface area contributed by atoms with Gasteiger partial charge in [-0.05, 0) is 35.2 Å². The highest BCUT2D eigenvalue weighted by molar-refractivity contribution is 6.11. The van der Waals surface area contributed by atoms with E-state index in [4.69, 9.17) is 0 Å². The molecule has 0 radical (unpaired) electrons. The topological polar surface area (TPSA) is 50.2 Å². The van der Waals surface area contributed by atoms with Crippen molar-refractivity contribution in [2.75, 3.05) is 0 Å². The molecule has 0 aliphatic carbocycles. The maximum atomic E-state index is 12.2. The van der Waals surface area contributed by atoms with Crippen molar-refractivity contribution in [1.82, 2.24) is 4.98 Å². The number of aromatic hydroxyl groups is 1. The third-order valence-electron chi connectivity index (χ3n) is 3.30. The molecule has 1 N–H and O–H groups in total. The molecule has 0 atom stereocenters. The number of ketones is 1. The van der Waals surface area contributed by atoms with Crippen LogP contribution in [-0.2, 0) is 0 Å². The molecule has 3 rings (SSSR count). The highest BCUT2D eigenvalue weighted by atomic mass is 16.3. The molecule has 21 heavy (non-hydrogen) atoms. The van der Waals surface area contributed by atoms with Crippen LogP contribution in [0.4, 0.5) is 0 Å². The zero-order chi connectivity index (χ0) is 14.7. The first kappa shape index (κ1) is 13.1. The summed E-state index contributed by atoms with van der Waals surface area (Å²) < 4.78 is 0. The largest absolute Gasteiger partial charge is 0.507 e. The van der Waals surface area contributed by atoms with E-state index in [1.807, 2.05) is 36.4 Å². The van der Waals surface area contributed by atoms with Gasteiger partial charge in [0.25, 0.3) is 0 Å². The van der Waals surface area contributed by atoms with Gasteiger partial charge >= 0.3 is 0 Å². The average molecular weight is 275 g/mol. The molecular formula is C18H13NO2. The van der Waals surface area contributed by atoms with Gasteiger partial charge in [-0.3, -0.25) is 9.78 Å². The average Bonchev–Trinajstić information content (AvgIpc) is 2.54. The van der Waals surface area contributed by atoms with Crippen LogP contribution in [0.25, 0.3) is 16.8 Å². The first-order valence-corrected chi connectivity index (χ1v) is 6.59. The number of fused-ring (bicyclic) bond motifs is 1. The maximum absolute atomic E-state index is 12.2. The molecule has 3 nitrogen and oxygen atoms in total. The zero-order valence-corrected chi connectivity index (χ0v) is 11.2. The van der Waals surface area contributed by atoms with Crippen molar-refractivity contribution in [2.45, 2.75) is 0 Å². The van der Waals surface area contributed by atoms with Crippen LogP contribution in [0.2, 0.25) is 0 Å². The van der Waals surface area contributed by atoms with Gasteiger partial charge in [0.15, 0.2) is 5.78 Å². The summed E-state index contributed by atoms with van der Waals surface area (Å²) in [5.41, 5.74) is 1.19. The second kappa shape index (κ2) is 5.59. The number of phenolic OH excluding ortho intramolecular Hbond substituents is 1. The van der Waals surface area contributed by atoms with Gasteiger partial charge in [-0.15, -0.1) is 0 Å². The van der Waals surface area contributed by atoms with Crippen LogP contribution in [-0.4, -0.2) is 15.9 Å². The summed E-state index contributed by atoms with van der Waals surface area (Å²) in [4.78, 5) is 16.1. The Bertz CT molecular complexity index is 823. The van der Waals surface area contributed by atoms with Gasteiger partial charge < -0.3 is 5.11 Å². The maximum Gasteiger partial charge on any atom is 0.189 e. The summed E-state index contributed by atoms with van der Waals surface area (Å²) in [6, 6.07) is 14.5. The lowest BCUT2D eigenvalue weighted by molar-refractivity contribution is 0.104. The number of carbonyl (C=O) groups is 1. The van der Waals surface area contributed by atoms with Gasteiger partial charge in [-0.2, -0.15) is 0 Å². The third-order valence-corrected chi connectivity index (χ3v) is 3.30. The minimum atomic E-state index is -0.227. The Morgan fingerprint density at radius 2 is 1.76 bits per heavy atom. The Morgan fingerprint density at radius 1 is 1.00 bits per heavy atom. The number of hydrogen-bond donors (Lipinski definition) is 1. The lowest BCUT2D eigenvalue weighted by atomic mass is 10.0. The number of nitrogens with zero attached hydrogens (tertiary/aromatic N) is 1. The van der Waals surface area contributed by atoms with E-state index in [0.717, 1.165) is 10.9 Å². The molecule has 0 unspecified atom stereocenters. The van der Waals surface area contributed by atoms with Crippen molar-refractivity contribution in [3.8, 4) is 5.75 Å². The predicted octanol–water partition coefficient (Wildman–Crippen LogP) is 3.84. The highest BCUT2D eigenvalue weighted by Crippen LogP contribution is 2.29. The summed E-state index contributed by atoms with van der Waals surface area (Å²) in [6.07, 6.45) is 6.49. The molecular weight excluding hydrogens is 262 g/mol. The molecule has 1 heterocycles. The fourth-order valence-electron chi connectivity index (χ4n) is 2.19. The monoisotopic (exact) mass is 275 g/mol. The molecule has 3 heteroatoms. The van der Waals surface area contributed by atoms with Gasteiger partial charge in [0.2, 0.25) is 0 Å². The van der Waals surface area contributed by atoms with Gasteiger partial charge in [0.1, 0.15) is 5.75 Å². The number of rotatable bonds is 3. The standard InChI is InChI=1S/C18H13NO2/c20-17(8-5-13-9-11-19-12-10-13)16-7-6-14-3-1-2-4-15(14)18(16)21/h1-12,21H/b8-5+. The van der Waals surface area contributed by atoms with Crippen LogP contribution in [0.15, 0.2) is 67.0 Å². The molecule has 0 spiro atoms. The molecule has 0 bridgehead atoms. The fourth-order valence-corrected chi connectivity index (χ4v) is 2.19. The number of aromatic nitrogens is 1. The molecule has 2 aromatic carbocycles. The lowest BCUT2D eigenvalue weighted by Crippen LogP contribution is -1.95. The van der Waals surface area contributed by atoms with E-state index in [9.17, 15) is 9.90 Å². The molecule has 0 amide bonds. The number of pyridine rings is 1. The molecule has 0 fully saturated rings. The number of phenols is 1. The first-order valence-electron chi connectivity index (χ1n) is 6.59. The van der Waals surface area contributed by atoms with E-state index in [-0.39, 0.29) is 11.5 Å². The summed E-state index contributed by atoms with van der Waals surface area (Å²) in [5.74, 6) is -0.201. The Kier molecular flexibility index (Phi) is 3.48. The Labute approximate surface area is 122 Å². The number of carbonyl (C=O) groups excluding carboxylic acids is 1. The summed E-state index contributed by atoms with van der Waals surface area (Å²) in [5, 5.41) is 11.8. The molecule has 0 saturated carbocycles. The van der Waals surface area contributed by atoms with Gasteiger partial charge in [-0.1, -0.05) is 36.4 Å². The van der Waals surface area contributed by atoms with Crippen molar-refractivity contribution in [1.29, 1.82) is 0 Å².